The van der Waals surface area contributed by atoms with E-state index in [1.807, 2.05) is 20.8 Å². The topological polar surface area (TPSA) is 37.4 Å². The number of rotatable bonds is 5. The maximum absolute atomic E-state index is 10.4. The molecular formula is C8H15NO2. The van der Waals surface area contributed by atoms with Gasteiger partial charge in [-0.25, -0.2) is 0 Å². The third kappa shape index (κ3) is 2.03. The molecular weight excluding hydrogens is 142 g/mol. The van der Waals surface area contributed by atoms with Gasteiger partial charge in [-0.1, -0.05) is 13.8 Å². The van der Waals surface area contributed by atoms with Crippen molar-refractivity contribution in [1.29, 1.82) is 0 Å². The highest BCUT2D eigenvalue weighted by Crippen LogP contribution is 2.19. The lowest BCUT2D eigenvalue weighted by Crippen LogP contribution is -2.43. The van der Waals surface area contributed by atoms with Gasteiger partial charge in [0.05, 0.1) is 0 Å². The van der Waals surface area contributed by atoms with Crippen LogP contribution in [-0.4, -0.2) is 23.3 Å². The van der Waals surface area contributed by atoms with Gasteiger partial charge in [0.2, 0.25) is 12.8 Å². The Balaban J connectivity index is 4.43. The van der Waals surface area contributed by atoms with Crippen LogP contribution < -0.4 is 0 Å². The van der Waals surface area contributed by atoms with Crippen LogP contribution in [0.1, 0.15) is 33.6 Å². The summed E-state index contributed by atoms with van der Waals surface area (Å²) in [7, 11) is 0. The third-order valence-electron chi connectivity index (χ3n) is 2.37. The van der Waals surface area contributed by atoms with E-state index in [2.05, 4.69) is 0 Å². The first-order valence-corrected chi connectivity index (χ1v) is 3.83. The second-order valence-electron chi connectivity index (χ2n) is 2.82. The third-order valence-corrected chi connectivity index (χ3v) is 2.37. The van der Waals surface area contributed by atoms with E-state index in [-0.39, 0.29) is 5.54 Å². The second kappa shape index (κ2) is 4.11. The highest BCUT2D eigenvalue weighted by molar-refractivity contribution is 5.70. The molecule has 0 radical (unpaired) electrons. The molecule has 0 aromatic carbocycles. The summed E-state index contributed by atoms with van der Waals surface area (Å²) >= 11 is 0. The van der Waals surface area contributed by atoms with E-state index in [1.165, 1.54) is 4.90 Å². The molecule has 0 atom stereocenters. The minimum atomic E-state index is -0.302. The van der Waals surface area contributed by atoms with Crippen molar-refractivity contribution in [3.63, 3.8) is 0 Å². The minimum absolute atomic E-state index is 0.302. The van der Waals surface area contributed by atoms with E-state index < -0.39 is 0 Å². The summed E-state index contributed by atoms with van der Waals surface area (Å²) in [6, 6.07) is 0. The molecule has 0 rings (SSSR count). The molecule has 3 heteroatoms. The number of imide groups is 1. The Morgan fingerprint density at radius 1 is 1.18 bits per heavy atom. The molecule has 0 aliphatic rings. The quantitative estimate of drug-likeness (QED) is 0.562. The van der Waals surface area contributed by atoms with Gasteiger partial charge in [-0.15, -0.1) is 0 Å². The van der Waals surface area contributed by atoms with Crippen LogP contribution in [0, 0.1) is 0 Å². The summed E-state index contributed by atoms with van der Waals surface area (Å²) in [5, 5.41) is 0. The van der Waals surface area contributed by atoms with Gasteiger partial charge in [0, 0.05) is 5.54 Å². The fourth-order valence-electron chi connectivity index (χ4n) is 0.894. The SMILES string of the molecule is CCC(C)(CC)N(C=O)C=O. The highest BCUT2D eigenvalue weighted by atomic mass is 16.2. The molecule has 0 aromatic rings. The second-order valence-corrected chi connectivity index (χ2v) is 2.82. The van der Waals surface area contributed by atoms with Gasteiger partial charge in [0.25, 0.3) is 0 Å². The Morgan fingerprint density at radius 3 is 1.64 bits per heavy atom. The van der Waals surface area contributed by atoms with E-state index in [0.29, 0.717) is 12.8 Å². The summed E-state index contributed by atoms with van der Waals surface area (Å²) in [6.07, 6.45) is 2.75. The molecule has 0 fully saturated rings. The molecule has 0 aromatic heterocycles. The van der Waals surface area contributed by atoms with Gasteiger partial charge in [0.15, 0.2) is 0 Å². The van der Waals surface area contributed by atoms with Crippen LogP contribution in [0.2, 0.25) is 0 Å². The summed E-state index contributed by atoms with van der Waals surface area (Å²) in [5.74, 6) is 0. The Morgan fingerprint density at radius 2 is 1.55 bits per heavy atom. The van der Waals surface area contributed by atoms with Crippen LogP contribution in [0.3, 0.4) is 0 Å². The fraction of sp³-hybridized carbons (Fsp3) is 0.750. The molecule has 0 unspecified atom stereocenters. The average Bonchev–Trinajstić information content (AvgIpc) is 2.06. The number of carbonyl (C=O) groups excluding carboxylic acids is 2. The molecule has 0 spiro atoms. The van der Waals surface area contributed by atoms with Crippen molar-refractivity contribution in [2.24, 2.45) is 0 Å². The van der Waals surface area contributed by atoms with Crippen LogP contribution in [0.15, 0.2) is 0 Å². The van der Waals surface area contributed by atoms with Crippen molar-refractivity contribution >= 4 is 12.8 Å². The first-order valence-electron chi connectivity index (χ1n) is 3.83. The van der Waals surface area contributed by atoms with Gasteiger partial charge < -0.3 is 0 Å². The number of amides is 2. The highest BCUT2D eigenvalue weighted by Gasteiger charge is 2.26. The predicted octanol–water partition coefficient (Wildman–Crippen LogP) is 1.18. The maximum Gasteiger partial charge on any atom is 0.216 e. The lowest BCUT2D eigenvalue weighted by atomic mass is 9.94. The smallest absolute Gasteiger partial charge is 0.216 e. The van der Waals surface area contributed by atoms with Crippen molar-refractivity contribution in [1.82, 2.24) is 4.90 Å². The van der Waals surface area contributed by atoms with E-state index in [1.54, 1.807) is 0 Å². The maximum atomic E-state index is 10.4. The molecule has 0 N–H and O–H groups in total. The number of nitrogens with zero attached hydrogens (tertiary/aromatic N) is 1. The molecule has 64 valence electrons. The Hall–Kier alpha value is -0.860. The van der Waals surface area contributed by atoms with Crippen LogP contribution in [0.5, 0.6) is 0 Å². The molecule has 3 nitrogen and oxygen atoms in total. The van der Waals surface area contributed by atoms with Crippen molar-refractivity contribution in [3.8, 4) is 0 Å². The molecule has 0 saturated heterocycles. The zero-order valence-corrected chi connectivity index (χ0v) is 7.33. The normalized spacial score (nSPS) is 10.8. The zero-order chi connectivity index (χ0) is 8.91. The van der Waals surface area contributed by atoms with E-state index in [4.69, 9.17) is 0 Å². The van der Waals surface area contributed by atoms with Crippen molar-refractivity contribution in [2.75, 3.05) is 0 Å². The number of hydrogen-bond donors (Lipinski definition) is 0. The minimum Gasteiger partial charge on any atom is -0.282 e. The first-order chi connectivity index (χ1) is 5.14. The predicted molar refractivity (Wildman–Crippen MR) is 43.0 cm³/mol. The van der Waals surface area contributed by atoms with Gasteiger partial charge >= 0.3 is 0 Å². The summed E-state index contributed by atoms with van der Waals surface area (Å²) in [5.41, 5.74) is -0.302. The van der Waals surface area contributed by atoms with E-state index in [9.17, 15) is 9.59 Å². The van der Waals surface area contributed by atoms with Crippen molar-refractivity contribution < 1.29 is 9.59 Å². The van der Waals surface area contributed by atoms with Crippen molar-refractivity contribution in [3.05, 3.63) is 0 Å². The lowest BCUT2D eigenvalue weighted by molar-refractivity contribution is -0.135. The molecule has 2 amide bonds. The lowest BCUT2D eigenvalue weighted by Gasteiger charge is -2.32. The molecule has 0 heterocycles. The zero-order valence-electron chi connectivity index (χ0n) is 7.33. The van der Waals surface area contributed by atoms with Gasteiger partial charge in [-0.05, 0) is 19.8 Å². The van der Waals surface area contributed by atoms with E-state index in [0.717, 1.165) is 12.8 Å². The standard InChI is InChI=1S/C8H15NO2/c1-4-8(3,5-2)9(6-10)7-11/h6-7H,4-5H2,1-3H3. The van der Waals surface area contributed by atoms with Crippen LogP contribution in [-0.2, 0) is 9.59 Å². The van der Waals surface area contributed by atoms with Gasteiger partial charge in [0.1, 0.15) is 0 Å². The fourth-order valence-corrected chi connectivity index (χ4v) is 0.894. The Labute approximate surface area is 67.4 Å². The molecule has 0 saturated carbocycles. The van der Waals surface area contributed by atoms with Crippen LogP contribution in [0.25, 0.3) is 0 Å². The number of carbonyl (C=O) groups is 2. The van der Waals surface area contributed by atoms with E-state index >= 15 is 0 Å². The molecule has 0 aliphatic heterocycles. The Kier molecular flexibility index (Phi) is 3.79. The van der Waals surface area contributed by atoms with Crippen LogP contribution in [0.4, 0.5) is 0 Å². The number of hydrogen-bond acceptors (Lipinski definition) is 2. The van der Waals surface area contributed by atoms with Gasteiger partial charge in [-0.2, -0.15) is 0 Å². The molecule has 11 heavy (non-hydrogen) atoms. The largest absolute Gasteiger partial charge is 0.282 e. The summed E-state index contributed by atoms with van der Waals surface area (Å²) in [6.45, 7) is 5.82. The van der Waals surface area contributed by atoms with Crippen LogP contribution >= 0.6 is 0 Å². The Bertz CT molecular complexity index is 133. The first kappa shape index (κ1) is 10.1. The molecule has 0 bridgehead atoms. The van der Waals surface area contributed by atoms with Gasteiger partial charge in [-0.3, -0.25) is 14.5 Å². The summed E-state index contributed by atoms with van der Waals surface area (Å²) < 4.78 is 0. The molecule has 0 aliphatic carbocycles. The monoisotopic (exact) mass is 157 g/mol. The average molecular weight is 157 g/mol. The van der Waals surface area contributed by atoms with Crippen molar-refractivity contribution in [2.45, 2.75) is 39.2 Å². The summed E-state index contributed by atoms with van der Waals surface area (Å²) in [4.78, 5) is 22.0.